The minimum absolute atomic E-state index is 0.0354. The summed E-state index contributed by atoms with van der Waals surface area (Å²) < 4.78 is 1.80. The van der Waals surface area contributed by atoms with E-state index in [1.165, 1.54) is 0 Å². The normalized spacial score (nSPS) is 12.3. The first kappa shape index (κ1) is 10.0. The van der Waals surface area contributed by atoms with Gasteiger partial charge < -0.3 is 4.98 Å². The van der Waals surface area contributed by atoms with Gasteiger partial charge in [-0.1, -0.05) is 12.1 Å². The smallest absolute Gasteiger partial charge is 0.305 e. The molecule has 0 bridgehead atoms. The van der Waals surface area contributed by atoms with E-state index in [2.05, 4.69) is 4.98 Å². The van der Waals surface area contributed by atoms with Crippen LogP contribution in [0.2, 0.25) is 0 Å². The topological polar surface area (TPSA) is 37.8 Å². The Hall–Kier alpha value is -1.51. The molecule has 15 heavy (non-hydrogen) atoms. The molecule has 0 saturated heterocycles. The van der Waals surface area contributed by atoms with Gasteiger partial charge in [0.1, 0.15) is 0 Å². The highest BCUT2D eigenvalue weighted by molar-refractivity contribution is 5.78. The van der Waals surface area contributed by atoms with Crippen molar-refractivity contribution in [1.29, 1.82) is 0 Å². The predicted molar refractivity (Wildman–Crippen MR) is 62.3 cm³/mol. The lowest BCUT2D eigenvalue weighted by Crippen LogP contribution is -2.31. The molecule has 0 fully saturated rings. The van der Waals surface area contributed by atoms with E-state index in [1.54, 1.807) is 4.57 Å². The van der Waals surface area contributed by atoms with Crippen LogP contribution in [-0.2, 0) is 5.54 Å². The highest BCUT2D eigenvalue weighted by Crippen LogP contribution is 2.20. The molecule has 3 heteroatoms. The van der Waals surface area contributed by atoms with E-state index >= 15 is 0 Å². The number of aryl methyl sites for hydroxylation is 1. The Labute approximate surface area is 88.7 Å². The van der Waals surface area contributed by atoms with Crippen LogP contribution in [0.25, 0.3) is 11.0 Å². The number of para-hydroxylation sites is 1. The van der Waals surface area contributed by atoms with Gasteiger partial charge >= 0.3 is 5.69 Å². The molecular formula is C12H16N2O. The molecule has 1 heterocycles. The highest BCUT2D eigenvalue weighted by Gasteiger charge is 2.19. The Bertz CT molecular complexity index is 555. The van der Waals surface area contributed by atoms with Gasteiger partial charge in [0.2, 0.25) is 0 Å². The lowest BCUT2D eigenvalue weighted by Gasteiger charge is -2.20. The molecule has 0 aliphatic carbocycles. The minimum Gasteiger partial charge on any atom is -0.305 e. The largest absolute Gasteiger partial charge is 0.326 e. The lowest BCUT2D eigenvalue weighted by molar-refractivity contribution is 0.397. The summed E-state index contributed by atoms with van der Waals surface area (Å²) in [7, 11) is 0. The van der Waals surface area contributed by atoms with E-state index in [-0.39, 0.29) is 11.2 Å². The van der Waals surface area contributed by atoms with Gasteiger partial charge in [0.15, 0.2) is 0 Å². The molecule has 0 atom stereocenters. The van der Waals surface area contributed by atoms with Crippen LogP contribution in [0.4, 0.5) is 0 Å². The Morgan fingerprint density at radius 3 is 2.53 bits per heavy atom. The van der Waals surface area contributed by atoms with Crippen molar-refractivity contribution in [2.75, 3.05) is 0 Å². The molecule has 80 valence electrons. The second-order valence-corrected chi connectivity index (χ2v) is 4.91. The molecule has 0 aliphatic heterocycles. The summed E-state index contributed by atoms with van der Waals surface area (Å²) in [5.41, 5.74) is 2.80. The van der Waals surface area contributed by atoms with Gasteiger partial charge in [-0.25, -0.2) is 4.79 Å². The second kappa shape index (κ2) is 2.99. The van der Waals surface area contributed by atoms with E-state index in [9.17, 15) is 4.79 Å². The molecule has 0 unspecified atom stereocenters. The molecule has 0 radical (unpaired) electrons. The SMILES string of the molecule is Cc1cccc2c1[nH]c(=O)n2C(C)(C)C. The maximum absolute atomic E-state index is 11.8. The zero-order valence-corrected chi connectivity index (χ0v) is 9.59. The maximum atomic E-state index is 11.8. The average molecular weight is 204 g/mol. The minimum atomic E-state index is -0.191. The van der Waals surface area contributed by atoms with Crippen LogP contribution in [0.3, 0.4) is 0 Å². The van der Waals surface area contributed by atoms with Gasteiger partial charge in [0, 0.05) is 5.54 Å². The van der Waals surface area contributed by atoms with Crippen molar-refractivity contribution >= 4 is 11.0 Å². The van der Waals surface area contributed by atoms with Crippen molar-refractivity contribution in [2.45, 2.75) is 33.2 Å². The van der Waals surface area contributed by atoms with Gasteiger partial charge in [-0.05, 0) is 39.3 Å². The summed E-state index contributed by atoms with van der Waals surface area (Å²) in [4.78, 5) is 14.8. The molecule has 1 aromatic heterocycles. The standard InChI is InChI=1S/C12H16N2O/c1-8-6-5-7-9-10(8)13-11(15)14(9)12(2,3)4/h5-7H,1-4H3,(H,13,15). The number of nitrogens with zero attached hydrogens (tertiary/aromatic N) is 1. The van der Waals surface area contributed by atoms with E-state index in [1.807, 2.05) is 45.9 Å². The zero-order chi connectivity index (χ0) is 11.2. The van der Waals surface area contributed by atoms with Gasteiger partial charge in [0.25, 0.3) is 0 Å². The van der Waals surface area contributed by atoms with Crippen molar-refractivity contribution in [3.8, 4) is 0 Å². The average Bonchev–Trinajstić information content (AvgIpc) is 2.41. The van der Waals surface area contributed by atoms with Crippen LogP contribution in [-0.4, -0.2) is 9.55 Å². The quantitative estimate of drug-likeness (QED) is 0.703. The van der Waals surface area contributed by atoms with Gasteiger partial charge in [-0.15, -0.1) is 0 Å². The molecule has 2 aromatic rings. The number of imidazole rings is 1. The molecule has 1 aromatic carbocycles. The van der Waals surface area contributed by atoms with Gasteiger partial charge in [-0.2, -0.15) is 0 Å². The third-order valence-electron chi connectivity index (χ3n) is 2.60. The predicted octanol–water partition coefficient (Wildman–Crippen LogP) is 2.39. The van der Waals surface area contributed by atoms with Crippen LogP contribution < -0.4 is 5.69 Å². The number of H-pyrrole nitrogens is 1. The molecule has 0 aliphatic rings. The Morgan fingerprint density at radius 2 is 1.93 bits per heavy atom. The van der Waals surface area contributed by atoms with Crippen molar-refractivity contribution < 1.29 is 0 Å². The van der Waals surface area contributed by atoms with Crippen molar-refractivity contribution in [3.05, 3.63) is 34.2 Å². The van der Waals surface area contributed by atoms with Crippen LogP contribution in [0.1, 0.15) is 26.3 Å². The third kappa shape index (κ3) is 1.48. The Balaban J connectivity index is 2.92. The summed E-state index contributed by atoms with van der Waals surface area (Å²) in [6.07, 6.45) is 0. The van der Waals surface area contributed by atoms with Gasteiger partial charge in [0.05, 0.1) is 11.0 Å². The third-order valence-corrected chi connectivity index (χ3v) is 2.60. The van der Waals surface area contributed by atoms with Crippen LogP contribution in [0, 0.1) is 6.92 Å². The number of nitrogens with one attached hydrogen (secondary N) is 1. The molecule has 0 saturated carbocycles. The van der Waals surface area contributed by atoms with Crippen molar-refractivity contribution in [1.82, 2.24) is 9.55 Å². The fourth-order valence-electron chi connectivity index (χ4n) is 1.94. The molecule has 2 rings (SSSR count). The molecular weight excluding hydrogens is 188 g/mol. The Morgan fingerprint density at radius 1 is 1.27 bits per heavy atom. The van der Waals surface area contributed by atoms with Crippen LogP contribution in [0.5, 0.6) is 0 Å². The van der Waals surface area contributed by atoms with Crippen LogP contribution in [0.15, 0.2) is 23.0 Å². The number of rotatable bonds is 0. The number of hydrogen-bond acceptors (Lipinski definition) is 1. The molecule has 0 spiro atoms. The number of hydrogen-bond donors (Lipinski definition) is 1. The number of fused-ring (bicyclic) bond motifs is 1. The second-order valence-electron chi connectivity index (χ2n) is 4.91. The first-order chi connectivity index (χ1) is 6.91. The zero-order valence-electron chi connectivity index (χ0n) is 9.59. The fraction of sp³-hybridized carbons (Fsp3) is 0.417. The fourth-order valence-corrected chi connectivity index (χ4v) is 1.94. The maximum Gasteiger partial charge on any atom is 0.326 e. The highest BCUT2D eigenvalue weighted by atomic mass is 16.1. The number of aromatic amines is 1. The summed E-state index contributed by atoms with van der Waals surface area (Å²) in [6, 6.07) is 5.96. The van der Waals surface area contributed by atoms with E-state index < -0.39 is 0 Å². The van der Waals surface area contributed by atoms with E-state index in [0.717, 1.165) is 16.6 Å². The molecule has 3 nitrogen and oxygen atoms in total. The van der Waals surface area contributed by atoms with Gasteiger partial charge in [-0.3, -0.25) is 4.57 Å². The van der Waals surface area contributed by atoms with E-state index in [4.69, 9.17) is 0 Å². The van der Waals surface area contributed by atoms with Crippen molar-refractivity contribution in [3.63, 3.8) is 0 Å². The summed E-state index contributed by atoms with van der Waals surface area (Å²) in [6.45, 7) is 8.10. The van der Waals surface area contributed by atoms with Crippen molar-refractivity contribution in [2.24, 2.45) is 0 Å². The summed E-state index contributed by atoms with van der Waals surface area (Å²) in [5, 5.41) is 0. The summed E-state index contributed by atoms with van der Waals surface area (Å²) >= 11 is 0. The first-order valence-electron chi connectivity index (χ1n) is 5.12. The first-order valence-corrected chi connectivity index (χ1v) is 5.12. The monoisotopic (exact) mass is 204 g/mol. The Kier molecular flexibility index (Phi) is 2.00. The van der Waals surface area contributed by atoms with Crippen LogP contribution >= 0.6 is 0 Å². The van der Waals surface area contributed by atoms with E-state index in [0.29, 0.717) is 0 Å². The molecule has 1 N–H and O–H groups in total. The number of benzene rings is 1. The number of aromatic nitrogens is 2. The summed E-state index contributed by atoms with van der Waals surface area (Å²) in [5.74, 6) is 0. The lowest BCUT2D eigenvalue weighted by atomic mass is 10.1. The molecule has 0 amide bonds.